The summed E-state index contributed by atoms with van der Waals surface area (Å²) in [7, 11) is 1.33. The van der Waals surface area contributed by atoms with E-state index in [2.05, 4.69) is 5.32 Å². The van der Waals surface area contributed by atoms with Gasteiger partial charge in [-0.3, -0.25) is 14.9 Å². The number of nitrogens with one attached hydrogen (secondary N) is 1. The van der Waals surface area contributed by atoms with Gasteiger partial charge in [-0.15, -0.1) is 0 Å². The Hall–Kier alpha value is -2.95. The Morgan fingerprint density at radius 3 is 2.18 bits per heavy atom. The van der Waals surface area contributed by atoms with Gasteiger partial charge < -0.3 is 28.8 Å². The summed E-state index contributed by atoms with van der Waals surface area (Å²) in [5.74, 6) is -2.10. The number of anilines is 1. The normalized spacial score (nSPS) is 33.2. The second kappa shape index (κ2) is 12.0. The van der Waals surface area contributed by atoms with Crippen LogP contribution in [0.5, 0.6) is 0 Å². The molecular formula is C24H31NO9. The first-order chi connectivity index (χ1) is 16.3. The lowest BCUT2D eigenvalue weighted by Crippen LogP contribution is -2.63. The standard InChI is InChI=1S/C24H31NO9/c1-14-9-7-8-10-15(2)22(28)33-20-19(32-21(14)27)18(17(13-26)31-23(20)30-3)34-24(29)25-16-11-5-4-6-12-16/h4-8,11-12,14-15,17-20,23,26H,9-10,13H2,1-3H3,(H,25,29)/b8-7+/t14-,15-,17+,18+,19-,20-,23-/m0/s1. The molecule has 1 saturated heterocycles. The first kappa shape index (κ1) is 25.7. The number of ether oxygens (including phenoxy) is 5. The molecule has 0 aliphatic carbocycles. The van der Waals surface area contributed by atoms with Crippen molar-refractivity contribution >= 4 is 23.7 Å². The lowest BCUT2D eigenvalue weighted by atomic mass is 9.97. The van der Waals surface area contributed by atoms with Crippen molar-refractivity contribution in [3.63, 3.8) is 0 Å². The number of allylic oxidation sites excluding steroid dienone is 2. The second-order valence-corrected chi connectivity index (χ2v) is 8.37. The van der Waals surface area contributed by atoms with Gasteiger partial charge in [0.25, 0.3) is 0 Å². The van der Waals surface area contributed by atoms with Crippen LogP contribution in [0.1, 0.15) is 26.7 Å². The molecule has 7 atom stereocenters. The maximum atomic E-state index is 12.8. The molecule has 2 aliphatic heterocycles. The summed E-state index contributed by atoms with van der Waals surface area (Å²) < 4.78 is 28.0. The van der Waals surface area contributed by atoms with Gasteiger partial charge in [0.15, 0.2) is 24.6 Å². The smallest absolute Gasteiger partial charge is 0.412 e. The summed E-state index contributed by atoms with van der Waals surface area (Å²) in [6, 6.07) is 8.60. The Morgan fingerprint density at radius 1 is 1.03 bits per heavy atom. The van der Waals surface area contributed by atoms with Gasteiger partial charge in [-0.2, -0.15) is 0 Å². The molecule has 0 radical (unpaired) electrons. The molecule has 0 unspecified atom stereocenters. The van der Waals surface area contributed by atoms with Crippen molar-refractivity contribution in [2.45, 2.75) is 57.4 Å². The van der Waals surface area contributed by atoms with Gasteiger partial charge in [0.1, 0.15) is 6.10 Å². The lowest BCUT2D eigenvalue weighted by molar-refractivity contribution is -0.300. The van der Waals surface area contributed by atoms with Gasteiger partial charge in [-0.05, 0) is 25.0 Å². The summed E-state index contributed by atoms with van der Waals surface area (Å²) in [5, 5.41) is 12.5. The molecule has 0 spiro atoms. The minimum Gasteiger partial charge on any atom is -0.454 e. The molecule has 10 nitrogen and oxygen atoms in total. The van der Waals surface area contributed by atoms with E-state index in [1.54, 1.807) is 44.2 Å². The SMILES string of the molecule is CO[C@H]1O[C@H](CO)[C@@H](OC(=O)Nc2ccccc2)[C@@H]2OC(=O)[C@@H](C)C/C=C/C[C@H](C)C(=O)O[C@H]12. The zero-order chi connectivity index (χ0) is 24.7. The topological polar surface area (TPSA) is 130 Å². The van der Waals surface area contributed by atoms with Crippen LogP contribution in [0.15, 0.2) is 42.5 Å². The van der Waals surface area contributed by atoms with E-state index < -0.39 is 67.2 Å². The van der Waals surface area contributed by atoms with E-state index in [4.69, 9.17) is 23.7 Å². The minimum absolute atomic E-state index is 0.408. The number of hydrogen-bond acceptors (Lipinski definition) is 9. The Kier molecular flexibility index (Phi) is 9.03. The Bertz CT molecular complexity index is 874. The molecule has 2 N–H and O–H groups in total. The quantitative estimate of drug-likeness (QED) is 0.381. The molecule has 34 heavy (non-hydrogen) atoms. The number of esters is 2. The van der Waals surface area contributed by atoms with Gasteiger partial charge in [0.05, 0.1) is 18.4 Å². The molecule has 1 aromatic carbocycles. The number of aliphatic hydroxyl groups is 1. The summed E-state index contributed by atoms with van der Waals surface area (Å²) in [4.78, 5) is 38.2. The molecule has 186 valence electrons. The van der Waals surface area contributed by atoms with Crippen molar-refractivity contribution in [2.24, 2.45) is 11.8 Å². The van der Waals surface area contributed by atoms with Crippen molar-refractivity contribution < 1.29 is 43.2 Å². The largest absolute Gasteiger partial charge is 0.454 e. The van der Waals surface area contributed by atoms with Crippen molar-refractivity contribution in [3.8, 4) is 0 Å². The number of methoxy groups -OCH3 is 1. The van der Waals surface area contributed by atoms with E-state index in [0.29, 0.717) is 18.5 Å². The molecule has 0 saturated carbocycles. The zero-order valence-electron chi connectivity index (χ0n) is 19.4. The molecule has 0 aromatic heterocycles. The van der Waals surface area contributed by atoms with Gasteiger partial charge >= 0.3 is 18.0 Å². The number of carbonyl (C=O) groups excluding carboxylic acids is 3. The van der Waals surface area contributed by atoms with E-state index in [1.165, 1.54) is 7.11 Å². The van der Waals surface area contributed by atoms with Crippen LogP contribution < -0.4 is 5.32 Å². The fourth-order valence-electron chi connectivity index (χ4n) is 3.70. The van der Waals surface area contributed by atoms with Crippen LogP contribution in [0.3, 0.4) is 0 Å². The number of hydrogen-bond donors (Lipinski definition) is 2. The zero-order valence-corrected chi connectivity index (χ0v) is 19.4. The number of para-hydroxylation sites is 1. The van der Waals surface area contributed by atoms with Crippen LogP contribution in [-0.4, -0.2) is 67.6 Å². The third kappa shape index (κ3) is 6.34. The molecular weight excluding hydrogens is 446 g/mol. The summed E-state index contributed by atoms with van der Waals surface area (Å²) in [6.07, 6.45) is -2.41. The maximum absolute atomic E-state index is 12.8. The molecule has 0 bridgehead atoms. The molecule has 1 amide bonds. The summed E-state index contributed by atoms with van der Waals surface area (Å²) in [6.45, 7) is 2.86. The van der Waals surface area contributed by atoms with Crippen molar-refractivity contribution in [3.05, 3.63) is 42.5 Å². The molecule has 10 heteroatoms. The molecule has 2 aliphatic rings. The van der Waals surface area contributed by atoms with Crippen LogP contribution in [0.2, 0.25) is 0 Å². The first-order valence-electron chi connectivity index (χ1n) is 11.2. The highest BCUT2D eigenvalue weighted by atomic mass is 16.7. The highest BCUT2D eigenvalue weighted by molar-refractivity contribution is 5.84. The maximum Gasteiger partial charge on any atom is 0.412 e. The number of carbonyl (C=O) groups is 3. The predicted molar refractivity (Wildman–Crippen MR) is 120 cm³/mol. The van der Waals surface area contributed by atoms with Gasteiger partial charge in [0, 0.05) is 12.8 Å². The molecule has 2 heterocycles. The van der Waals surface area contributed by atoms with Gasteiger partial charge in [-0.25, -0.2) is 4.79 Å². The van der Waals surface area contributed by atoms with Crippen molar-refractivity contribution in [1.82, 2.24) is 0 Å². The van der Waals surface area contributed by atoms with E-state index in [1.807, 2.05) is 12.2 Å². The first-order valence-corrected chi connectivity index (χ1v) is 11.2. The van der Waals surface area contributed by atoms with E-state index in [0.717, 1.165) is 0 Å². The molecule has 1 aromatic rings. The van der Waals surface area contributed by atoms with E-state index in [9.17, 15) is 19.5 Å². The Morgan fingerprint density at radius 2 is 1.62 bits per heavy atom. The fraction of sp³-hybridized carbons (Fsp3) is 0.542. The average Bonchev–Trinajstić information content (AvgIpc) is 2.83. The number of fused-ring (bicyclic) bond motifs is 1. The van der Waals surface area contributed by atoms with Crippen LogP contribution in [0.4, 0.5) is 10.5 Å². The Balaban J connectivity index is 1.92. The fourth-order valence-corrected chi connectivity index (χ4v) is 3.70. The number of aliphatic hydroxyl groups excluding tert-OH is 1. The minimum atomic E-state index is -1.28. The summed E-state index contributed by atoms with van der Waals surface area (Å²) in [5.41, 5.74) is 0.479. The van der Waals surface area contributed by atoms with E-state index >= 15 is 0 Å². The van der Waals surface area contributed by atoms with Crippen LogP contribution in [-0.2, 0) is 33.3 Å². The molecule has 1 fully saturated rings. The number of rotatable bonds is 4. The van der Waals surface area contributed by atoms with Crippen LogP contribution >= 0.6 is 0 Å². The van der Waals surface area contributed by atoms with Crippen molar-refractivity contribution in [2.75, 3.05) is 19.0 Å². The molecule has 3 rings (SSSR count). The third-order valence-corrected chi connectivity index (χ3v) is 5.72. The number of benzene rings is 1. The Labute approximate surface area is 198 Å². The highest BCUT2D eigenvalue weighted by Crippen LogP contribution is 2.31. The van der Waals surface area contributed by atoms with E-state index in [-0.39, 0.29) is 0 Å². The lowest BCUT2D eigenvalue weighted by Gasteiger charge is -2.44. The van der Waals surface area contributed by atoms with Crippen molar-refractivity contribution in [1.29, 1.82) is 0 Å². The average molecular weight is 478 g/mol. The predicted octanol–water partition coefficient (Wildman–Crippen LogP) is 2.41. The third-order valence-electron chi connectivity index (χ3n) is 5.72. The van der Waals surface area contributed by atoms with Crippen LogP contribution in [0, 0.1) is 11.8 Å². The van der Waals surface area contributed by atoms with Gasteiger partial charge in [0.2, 0.25) is 0 Å². The van der Waals surface area contributed by atoms with Crippen LogP contribution in [0.25, 0.3) is 0 Å². The van der Waals surface area contributed by atoms with Gasteiger partial charge in [-0.1, -0.05) is 44.2 Å². The highest BCUT2D eigenvalue weighted by Gasteiger charge is 2.53. The monoisotopic (exact) mass is 477 g/mol. The second-order valence-electron chi connectivity index (χ2n) is 8.37. The number of amides is 1. The summed E-state index contributed by atoms with van der Waals surface area (Å²) >= 11 is 0.